The van der Waals surface area contributed by atoms with Crippen molar-refractivity contribution in [2.75, 3.05) is 26.9 Å². The number of nitrogens with zero attached hydrogens (tertiary/aromatic N) is 2. The first-order chi connectivity index (χ1) is 11.1. The number of benzene rings is 1. The molecule has 2 rings (SSSR count). The first-order valence-corrected chi connectivity index (χ1v) is 7.35. The molecule has 23 heavy (non-hydrogen) atoms. The van der Waals surface area contributed by atoms with Crippen LogP contribution >= 0.6 is 0 Å². The van der Waals surface area contributed by atoms with E-state index in [1.165, 1.54) is 19.2 Å². The molecule has 1 saturated heterocycles. The minimum Gasteiger partial charge on any atom is -0.493 e. The van der Waals surface area contributed by atoms with E-state index in [0.717, 1.165) is 6.54 Å². The number of rotatable bonds is 6. The fourth-order valence-corrected chi connectivity index (χ4v) is 2.48. The molecule has 1 heterocycles. The molecular formula is C15H19N3O5. The van der Waals surface area contributed by atoms with Gasteiger partial charge in [-0.05, 0) is 6.42 Å². The van der Waals surface area contributed by atoms with Gasteiger partial charge in [-0.3, -0.25) is 10.1 Å². The average molecular weight is 321 g/mol. The fraction of sp³-hybridized carbons (Fsp3) is 0.533. The number of hydrogen-bond donors (Lipinski definition) is 1. The predicted octanol–water partition coefficient (Wildman–Crippen LogP) is 1.62. The Balaban J connectivity index is 2.30. The molecule has 1 fully saturated rings. The lowest BCUT2D eigenvalue weighted by Crippen LogP contribution is -2.50. The van der Waals surface area contributed by atoms with Gasteiger partial charge in [0.1, 0.15) is 17.7 Å². The van der Waals surface area contributed by atoms with Crippen molar-refractivity contribution >= 4 is 5.69 Å². The number of nitriles is 1. The summed E-state index contributed by atoms with van der Waals surface area (Å²) in [5.41, 5.74) is -0.364. The van der Waals surface area contributed by atoms with E-state index in [1.54, 1.807) is 0 Å². The number of nitro groups is 1. The number of hydrogen-bond acceptors (Lipinski definition) is 7. The van der Waals surface area contributed by atoms with Crippen LogP contribution in [0.15, 0.2) is 12.1 Å². The monoisotopic (exact) mass is 321 g/mol. The van der Waals surface area contributed by atoms with E-state index < -0.39 is 4.92 Å². The van der Waals surface area contributed by atoms with Gasteiger partial charge in [-0.25, -0.2) is 0 Å². The molecule has 2 atom stereocenters. The van der Waals surface area contributed by atoms with Crippen molar-refractivity contribution in [3.8, 4) is 17.6 Å². The molecule has 2 unspecified atom stereocenters. The molecule has 8 heteroatoms. The minimum atomic E-state index is -0.612. The van der Waals surface area contributed by atoms with Gasteiger partial charge < -0.3 is 19.5 Å². The van der Waals surface area contributed by atoms with Gasteiger partial charge in [0.2, 0.25) is 0 Å². The fourth-order valence-electron chi connectivity index (χ4n) is 2.48. The highest BCUT2D eigenvalue weighted by Crippen LogP contribution is 2.35. The van der Waals surface area contributed by atoms with Crippen molar-refractivity contribution in [3.63, 3.8) is 0 Å². The third kappa shape index (κ3) is 3.88. The molecule has 1 aromatic carbocycles. The van der Waals surface area contributed by atoms with Crippen molar-refractivity contribution in [1.82, 2.24) is 5.32 Å². The van der Waals surface area contributed by atoms with Crippen LogP contribution < -0.4 is 14.8 Å². The van der Waals surface area contributed by atoms with Crippen molar-refractivity contribution in [3.05, 3.63) is 27.8 Å². The van der Waals surface area contributed by atoms with Gasteiger partial charge in [0, 0.05) is 12.6 Å². The van der Waals surface area contributed by atoms with Crippen LogP contribution in [0.25, 0.3) is 0 Å². The van der Waals surface area contributed by atoms with Gasteiger partial charge in [-0.15, -0.1) is 0 Å². The molecule has 1 N–H and O–H groups in total. The summed E-state index contributed by atoms with van der Waals surface area (Å²) in [4.78, 5) is 10.4. The zero-order chi connectivity index (χ0) is 16.8. The quantitative estimate of drug-likeness (QED) is 0.626. The summed E-state index contributed by atoms with van der Waals surface area (Å²) in [6.45, 7) is 3.90. The summed E-state index contributed by atoms with van der Waals surface area (Å²) in [6, 6.07) is 4.40. The maximum Gasteiger partial charge on any atom is 0.291 e. The van der Waals surface area contributed by atoms with Gasteiger partial charge in [0.15, 0.2) is 11.5 Å². The SMILES string of the molecule is CCC(Oc1cc(C#N)c([N+](=O)[O-])cc1OC)C1COCCN1. The Bertz CT molecular complexity index is 608. The Labute approximate surface area is 134 Å². The minimum absolute atomic E-state index is 0.0131. The van der Waals surface area contributed by atoms with Gasteiger partial charge in [-0.1, -0.05) is 6.92 Å². The molecule has 1 aliphatic heterocycles. The molecule has 0 spiro atoms. The Hall–Kier alpha value is -2.37. The second-order valence-electron chi connectivity index (χ2n) is 5.09. The third-order valence-corrected chi connectivity index (χ3v) is 3.68. The first kappa shape index (κ1) is 17.0. The van der Waals surface area contributed by atoms with Crippen LogP contribution in [0.5, 0.6) is 11.5 Å². The zero-order valence-corrected chi connectivity index (χ0v) is 13.1. The number of nitro benzene ring substituents is 1. The van der Waals surface area contributed by atoms with Crippen LogP contribution in [0.4, 0.5) is 5.69 Å². The summed E-state index contributed by atoms with van der Waals surface area (Å²) in [6.07, 6.45) is 0.514. The number of nitrogens with one attached hydrogen (secondary N) is 1. The average Bonchev–Trinajstić information content (AvgIpc) is 2.59. The van der Waals surface area contributed by atoms with E-state index in [9.17, 15) is 10.1 Å². The van der Waals surface area contributed by atoms with Crippen LogP contribution in [0.3, 0.4) is 0 Å². The van der Waals surface area contributed by atoms with E-state index in [1.807, 2.05) is 13.0 Å². The standard InChI is InChI=1S/C15H19N3O5/c1-3-13(11-9-22-5-4-17-11)23-15-6-10(8-16)12(18(19)20)7-14(15)21-2/h6-7,11,13,17H,3-5,9H2,1-2H3. The second-order valence-corrected chi connectivity index (χ2v) is 5.09. The van der Waals surface area contributed by atoms with Crippen LogP contribution in [-0.4, -0.2) is 43.9 Å². The Morgan fingerprint density at radius 2 is 2.35 bits per heavy atom. The lowest BCUT2D eigenvalue weighted by molar-refractivity contribution is -0.385. The van der Waals surface area contributed by atoms with E-state index in [0.29, 0.717) is 25.4 Å². The molecule has 1 aliphatic rings. The van der Waals surface area contributed by atoms with Crippen molar-refractivity contribution < 1.29 is 19.1 Å². The third-order valence-electron chi connectivity index (χ3n) is 3.68. The number of ether oxygens (including phenoxy) is 3. The van der Waals surface area contributed by atoms with Gasteiger partial charge in [0.05, 0.1) is 37.4 Å². The summed E-state index contributed by atoms with van der Waals surface area (Å²) >= 11 is 0. The summed E-state index contributed by atoms with van der Waals surface area (Å²) in [5, 5.41) is 23.5. The van der Waals surface area contributed by atoms with Gasteiger partial charge >= 0.3 is 0 Å². The highest BCUT2D eigenvalue weighted by atomic mass is 16.6. The largest absolute Gasteiger partial charge is 0.493 e. The smallest absolute Gasteiger partial charge is 0.291 e. The predicted molar refractivity (Wildman–Crippen MR) is 81.7 cm³/mol. The molecule has 1 aromatic rings. The lowest BCUT2D eigenvalue weighted by atomic mass is 10.1. The lowest BCUT2D eigenvalue weighted by Gasteiger charge is -2.31. The van der Waals surface area contributed by atoms with Gasteiger partial charge in [0.25, 0.3) is 5.69 Å². The molecule has 124 valence electrons. The molecule has 0 aliphatic carbocycles. The molecular weight excluding hydrogens is 302 g/mol. The van der Waals surface area contributed by atoms with Gasteiger partial charge in [-0.2, -0.15) is 5.26 Å². The van der Waals surface area contributed by atoms with Crippen LogP contribution in [0.1, 0.15) is 18.9 Å². The number of methoxy groups -OCH3 is 1. The number of morpholine rings is 1. The van der Waals surface area contributed by atoms with Crippen LogP contribution in [-0.2, 0) is 4.74 Å². The summed E-state index contributed by atoms with van der Waals surface area (Å²) in [5.74, 6) is 0.541. The summed E-state index contributed by atoms with van der Waals surface area (Å²) in [7, 11) is 1.40. The normalized spacial score (nSPS) is 18.7. The van der Waals surface area contributed by atoms with Crippen LogP contribution in [0, 0.1) is 21.4 Å². The van der Waals surface area contributed by atoms with Crippen molar-refractivity contribution in [2.45, 2.75) is 25.5 Å². The highest BCUT2D eigenvalue weighted by Gasteiger charge is 2.27. The Kier molecular flexibility index (Phi) is 5.73. The van der Waals surface area contributed by atoms with Crippen molar-refractivity contribution in [2.24, 2.45) is 0 Å². The second kappa shape index (κ2) is 7.76. The van der Waals surface area contributed by atoms with E-state index >= 15 is 0 Å². The molecule has 0 amide bonds. The van der Waals surface area contributed by atoms with E-state index in [2.05, 4.69) is 5.32 Å². The topological polar surface area (TPSA) is 107 Å². The van der Waals surface area contributed by atoms with Crippen LogP contribution in [0.2, 0.25) is 0 Å². The maximum atomic E-state index is 11.0. The maximum absolute atomic E-state index is 11.0. The highest BCUT2D eigenvalue weighted by molar-refractivity contribution is 5.58. The van der Waals surface area contributed by atoms with E-state index in [4.69, 9.17) is 19.5 Å². The first-order valence-electron chi connectivity index (χ1n) is 7.35. The summed E-state index contributed by atoms with van der Waals surface area (Å²) < 4.78 is 16.6. The Morgan fingerprint density at radius 1 is 1.57 bits per heavy atom. The molecule has 0 bridgehead atoms. The molecule has 8 nitrogen and oxygen atoms in total. The van der Waals surface area contributed by atoms with E-state index in [-0.39, 0.29) is 29.1 Å². The van der Waals surface area contributed by atoms with Crippen molar-refractivity contribution in [1.29, 1.82) is 5.26 Å². The molecule has 0 radical (unpaired) electrons. The zero-order valence-electron chi connectivity index (χ0n) is 13.1. The Morgan fingerprint density at radius 3 is 2.87 bits per heavy atom. The molecule has 0 aromatic heterocycles. The molecule has 0 saturated carbocycles.